The summed E-state index contributed by atoms with van der Waals surface area (Å²) in [6, 6.07) is 0. The maximum atomic E-state index is 10.9. The minimum atomic E-state index is -4.13. The number of allylic oxidation sites excluding steroid dienone is 1. The van der Waals surface area contributed by atoms with Crippen molar-refractivity contribution in [3.63, 3.8) is 0 Å². The molecular weight excluding hydrogens is 273 g/mol. The third-order valence-corrected chi connectivity index (χ3v) is 4.12. The molecule has 0 amide bonds. The minimum Gasteiger partial charge on any atom is -0.268 e. The van der Waals surface area contributed by atoms with Crippen molar-refractivity contribution in [2.24, 2.45) is 4.99 Å². The van der Waals surface area contributed by atoms with Crippen molar-refractivity contribution in [3.8, 4) is 0 Å². The van der Waals surface area contributed by atoms with E-state index >= 15 is 0 Å². The molecule has 9 heteroatoms. The first-order chi connectivity index (χ1) is 6.34. The van der Waals surface area contributed by atoms with Gasteiger partial charge in [0.2, 0.25) is 10.3 Å². The maximum Gasteiger partial charge on any atom is 0.262 e. The molecule has 5 nitrogen and oxygen atoms in total. The Morgan fingerprint density at radius 1 is 1.43 bits per heavy atom. The van der Waals surface area contributed by atoms with Gasteiger partial charge in [-0.15, -0.1) is 0 Å². The van der Waals surface area contributed by atoms with Gasteiger partial charge in [-0.1, -0.05) is 11.6 Å². The van der Waals surface area contributed by atoms with E-state index in [0.717, 1.165) is 12.3 Å². The van der Waals surface area contributed by atoms with E-state index in [1.807, 2.05) is 0 Å². The van der Waals surface area contributed by atoms with Gasteiger partial charge in [0, 0.05) is 16.9 Å². The Morgan fingerprint density at radius 2 is 2.00 bits per heavy atom. The molecule has 0 aromatic rings. The first kappa shape index (κ1) is 11.7. The Balaban J connectivity index is 3.53. The molecule has 1 atom stereocenters. The number of halogens is 2. The lowest BCUT2D eigenvalue weighted by molar-refractivity contribution is 0.615. The van der Waals surface area contributed by atoms with Gasteiger partial charge in [-0.25, -0.2) is 8.42 Å². The topological polar surface area (TPSA) is 80.6 Å². The summed E-state index contributed by atoms with van der Waals surface area (Å²) in [5, 5.41) is 0. The molecule has 1 aliphatic rings. The number of hydrogen-bond donors (Lipinski definition) is 0. The molecule has 0 aliphatic carbocycles. The summed E-state index contributed by atoms with van der Waals surface area (Å²) in [4.78, 5) is 2.43. The van der Waals surface area contributed by atoms with Crippen LogP contribution in [0.4, 0.5) is 0 Å². The smallest absolute Gasteiger partial charge is 0.262 e. The van der Waals surface area contributed by atoms with Crippen LogP contribution in [0.5, 0.6) is 0 Å². The number of aliphatic imine (C=N–C) groups is 1. The first-order valence-electron chi connectivity index (χ1n) is 3.12. The van der Waals surface area contributed by atoms with E-state index in [4.69, 9.17) is 22.3 Å². The van der Waals surface area contributed by atoms with Gasteiger partial charge >= 0.3 is 0 Å². The molecule has 1 aliphatic heterocycles. The standard InChI is InChI=1S/C5H3Cl2NO4S2/c6-5-4(13(9)10)3(1-2-8-5)14(7,11)12/h1-2,5H. The third kappa shape index (κ3) is 2.35. The molecule has 0 fully saturated rings. The Morgan fingerprint density at radius 3 is 2.36 bits per heavy atom. The zero-order valence-corrected chi connectivity index (χ0v) is 9.53. The van der Waals surface area contributed by atoms with E-state index < -0.39 is 34.6 Å². The van der Waals surface area contributed by atoms with Crippen molar-refractivity contribution in [2.75, 3.05) is 0 Å². The minimum absolute atomic E-state index is 0.538. The van der Waals surface area contributed by atoms with Crippen molar-refractivity contribution in [1.29, 1.82) is 0 Å². The lowest BCUT2D eigenvalue weighted by atomic mass is 10.3. The van der Waals surface area contributed by atoms with E-state index in [2.05, 4.69) is 4.99 Å². The summed E-state index contributed by atoms with van der Waals surface area (Å²) >= 11 is 5.49. The molecule has 0 spiro atoms. The van der Waals surface area contributed by atoms with Gasteiger partial charge in [0.1, 0.15) is 9.77 Å². The zero-order valence-electron chi connectivity index (χ0n) is 6.38. The molecule has 0 saturated carbocycles. The number of hydrogen-bond acceptors (Lipinski definition) is 5. The van der Waals surface area contributed by atoms with Crippen LogP contribution in [0.25, 0.3) is 0 Å². The molecule has 1 unspecified atom stereocenters. The van der Waals surface area contributed by atoms with E-state index in [-0.39, 0.29) is 0 Å². The average molecular weight is 276 g/mol. The Labute approximate surface area is 91.0 Å². The van der Waals surface area contributed by atoms with Crippen LogP contribution in [0.1, 0.15) is 0 Å². The lowest BCUT2D eigenvalue weighted by Gasteiger charge is -2.10. The summed E-state index contributed by atoms with van der Waals surface area (Å²) < 4.78 is 43.2. The fourth-order valence-corrected chi connectivity index (χ4v) is 3.38. The van der Waals surface area contributed by atoms with Gasteiger partial charge in [0.25, 0.3) is 9.05 Å². The monoisotopic (exact) mass is 275 g/mol. The maximum absolute atomic E-state index is 10.9. The first-order valence-corrected chi connectivity index (χ1v) is 6.95. The van der Waals surface area contributed by atoms with Crippen molar-refractivity contribution >= 4 is 52.7 Å². The fourth-order valence-electron chi connectivity index (χ4n) is 0.816. The summed E-state index contributed by atoms with van der Waals surface area (Å²) in [6.07, 6.45) is 2.07. The van der Waals surface area contributed by atoms with Gasteiger partial charge in [-0.3, -0.25) is 4.99 Å². The quantitative estimate of drug-likeness (QED) is 0.295. The zero-order chi connectivity index (χ0) is 10.9. The Hall–Kier alpha value is -0.370. The van der Waals surface area contributed by atoms with Gasteiger partial charge in [0.05, 0.1) is 0 Å². The summed E-state index contributed by atoms with van der Waals surface area (Å²) in [5.74, 6) is 0. The highest BCUT2D eigenvalue weighted by Gasteiger charge is 2.28. The second kappa shape index (κ2) is 4.01. The van der Waals surface area contributed by atoms with Crippen LogP contribution in [-0.2, 0) is 19.3 Å². The highest BCUT2D eigenvalue weighted by molar-refractivity contribution is 8.18. The van der Waals surface area contributed by atoms with Gasteiger partial charge in [0.15, 0.2) is 5.50 Å². The van der Waals surface area contributed by atoms with Crippen LogP contribution >= 0.6 is 22.3 Å². The molecule has 0 radical (unpaired) electrons. The second-order valence-corrected chi connectivity index (χ2v) is 6.06. The highest BCUT2D eigenvalue weighted by Crippen LogP contribution is 2.20. The third-order valence-electron chi connectivity index (χ3n) is 1.34. The Bertz CT molecular complexity index is 534. The van der Waals surface area contributed by atoms with E-state index in [1.54, 1.807) is 0 Å². The fraction of sp³-hybridized carbons (Fsp3) is 0.200. The van der Waals surface area contributed by atoms with Crippen molar-refractivity contribution < 1.29 is 16.8 Å². The molecule has 0 bridgehead atoms. The van der Waals surface area contributed by atoms with Gasteiger partial charge < -0.3 is 0 Å². The Kier molecular flexibility index (Phi) is 3.36. The van der Waals surface area contributed by atoms with Crippen LogP contribution in [0.15, 0.2) is 16.0 Å². The molecule has 1 heterocycles. The highest BCUT2D eigenvalue weighted by atomic mass is 35.7. The van der Waals surface area contributed by atoms with Crippen molar-refractivity contribution in [3.05, 3.63) is 11.0 Å². The summed E-state index contributed by atoms with van der Waals surface area (Å²) in [6.45, 7) is 0. The van der Waals surface area contributed by atoms with E-state index in [0.29, 0.717) is 0 Å². The van der Waals surface area contributed by atoms with E-state index in [1.165, 1.54) is 0 Å². The predicted octanol–water partition coefficient (Wildman–Crippen LogP) is 0.140. The molecule has 0 aromatic carbocycles. The van der Waals surface area contributed by atoms with Crippen LogP contribution < -0.4 is 0 Å². The van der Waals surface area contributed by atoms with Gasteiger partial charge in [-0.05, 0) is 6.08 Å². The summed E-state index contributed by atoms with van der Waals surface area (Å²) in [5.41, 5.74) is -1.25. The van der Waals surface area contributed by atoms with Crippen LogP contribution in [-0.4, -0.2) is 33.4 Å². The van der Waals surface area contributed by atoms with Crippen LogP contribution in [0, 0.1) is 0 Å². The molecule has 1 rings (SSSR count). The largest absolute Gasteiger partial charge is 0.268 e. The van der Waals surface area contributed by atoms with Crippen LogP contribution in [0.3, 0.4) is 0 Å². The number of rotatable bonds is 1. The number of nitrogens with zero attached hydrogens (tertiary/aromatic N) is 1. The van der Waals surface area contributed by atoms with Crippen LogP contribution in [0.2, 0.25) is 0 Å². The molecular formula is C5H3Cl2NO4S2. The molecule has 14 heavy (non-hydrogen) atoms. The average Bonchev–Trinajstić information content (AvgIpc) is 2.01. The summed E-state index contributed by atoms with van der Waals surface area (Å²) in [7, 11) is -1.89. The predicted molar refractivity (Wildman–Crippen MR) is 54.9 cm³/mol. The van der Waals surface area contributed by atoms with Crippen molar-refractivity contribution in [1.82, 2.24) is 0 Å². The normalized spacial score (nSPS) is 22.0. The molecule has 78 valence electrons. The second-order valence-electron chi connectivity index (χ2n) is 2.20. The molecule has 0 aromatic heterocycles. The van der Waals surface area contributed by atoms with Gasteiger partial charge in [-0.2, -0.15) is 8.42 Å². The SMILES string of the molecule is O=S(=O)=C1C(S(=O)(=O)Cl)=CC=NC1Cl. The lowest BCUT2D eigenvalue weighted by Crippen LogP contribution is -2.22. The number of dihydropyridines is 1. The molecule has 0 N–H and O–H groups in total. The van der Waals surface area contributed by atoms with E-state index in [9.17, 15) is 16.8 Å². The van der Waals surface area contributed by atoms with Crippen molar-refractivity contribution in [2.45, 2.75) is 5.50 Å². The number of alkyl halides is 1. The molecule has 0 saturated heterocycles.